The zero-order valence-corrected chi connectivity index (χ0v) is 23.2. The van der Waals surface area contributed by atoms with E-state index in [9.17, 15) is 13.2 Å². The van der Waals surface area contributed by atoms with Crippen LogP contribution in [0.1, 0.15) is 67.9 Å². The van der Waals surface area contributed by atoms with Gasteiger partial charge in [-0.2, -0.15) is 12.8 Å². The predicted molar refractivity (Wildman–Crippen MR) is 152 cm³/mol. The van der Waals surface area contributed by atoms with Crippen molar-refractivity contribution in [1.82, 2.24) is 29.5 Å². The number of benzene rings is 1. The van der Waals surface area contributed by atoms with Gasteiger partial charge in [0.15, 0.2) is 17.3 Å². The van der Waals surface area contributed by atoms with Crippen LogP contribution in [0.2, 0.25) is 0 Å². The number of aromatic nitrogens is 6. The van der Waals surface area contributed by atoms with E-state index in [0.717, 1.165) is 54.6 Å². The van der Waals surface area contributed by atoms with E-state index in [1.54, 1.807) is 29.2 Å². The Kier molecular flexibility index (Phi) is 6.65. The van der Waals surface area contributed by atoms with Crippen LogP contribution < -0.4 is 10.9 Å². The molecule has 2 aliphatic rings. The maximum Gasteiger partial charge on any atom is 0.295 e. The summed E-state index contributed by atoms with van der Waals surface area (Å²) in [4.78, 5) is 37.0. The summed E-state index contributed by atoms with van der Waals surface area (Å²) < 4.78 is 28.8. The van der Waals surface area contributed by atoms with E-state index in [0.29, 0.717) is 28.8 Å². The highest BCUT2D eigenvalue weighted by atomic mass is 32.2. The van der Waals surface area contributed by atoms with Crippen LogP contribution in [0.15, 0.2) is 50.9 Å². The largest absolute Gasteiger partial charge is 0.361 e. The number of nitrogens with one attached hydrogen (secondary N) is 1. The van der Waals surface area contributed by atoms with Crippen molar-refractivity contribution < 1.29 is 8.42 Å². The first-order valence-electron chi connectivity index (χ1n) is 13.4. The van der Waals surface area contributed by atoms with Crippen LogP contribution in [-0.2, 0) is 16.6 Å². The molecule has 40 heavy (non-hydrogen) atoms. The summed E-state index contributed by atoms with van der Waals surface area (Å²) in [7, 11) is -3.76. The molecule has 11 nitrogen and oxygen atoms in total. The molecule has 4 aromatic rings. The van der Waals surface area contributed by atoms with E-state index >= 15 is 0 Å². The lowest BCUT2D eigenvalue weighted by atomic mass is 9.80. The summed E-state index contributed by atoms with van der Waals surface area (Å²) >= 11 is 0. The average Bonchev–Trinajstić information content (AvgIpc) is 3.76. The molecular formula is C28H30N8O3S. The van der Waals surface area contributed by atoms with Crippen LogP contribution in [-0.4, -0.2) is 44.6 Å². The van der Waals surface area contributed by atoms with Gasteiger partial charge >= 0.3 is 0 Å². The second kappa shape index (κ2) is 10.2. The van der Waals surface area contributed by atoms with Gasteiger partial charge in [0, 0.05) is 25.2 Å². The van der Waals surface area contributed by atoms with Gasteiger partial charge in [-0.1, -0.05) is 18.6 Å². The van der Waals surface area contributed by atoms with Gasteiger partial charge in [0.05, 0.1) is 28.0 Å². The molecule has 0 saturated heterocycles. The molecule has 0 unspecified atom stereocenters. The van der Waals surface area contributed by atoms with Gasteiger partial charge in [-0.05, 0) is 63.1 Å². The summed E-state index contributed by atoms with van der Waals surface area (Å²) in [5.74, 6) is 1.47. The Hall–Kier alpha value is -4.06. The number of nitrogens with zero attached hydrogens (tertiary/aromatic N) is 7. The first-order valence-corrected chi connectivity index (χ1v) is 14.9. The van der Waals surface area contributed by atoms with Crippen molar-refractivity contribution in [1.29, 1.82) is 0 Å². The number of hydrogen-bond donors (Lipinski definition) is 1. The van der Waals surface area contributed by atoms with E-state index in [1.165, 1.54) is 12.1 Å². The van der Waals surface area contributed by atoms with Crippen LogP contribution in [0, 0.1) is 12.8 Å². The van der Waals surface area contributed by atoms with Crippen molar-refractivity contribution in [2.45, 2.75) is 69.4 Å². The third-order valence-corrected chi connectivity index (χ3v) is 9.18. The van der Waals surface area contributed by atoms with Crippen LogP contribution in [0.3, 0.4) is 0 Å². The van der Waals surface area contributed by atoms with Gasteiger partial charge in [0.1, 0.15) is 11.8 Å². The first kappa shape index (κ1) is 26.2. The molecule has 2 aliphatic carbocycles. The van der Waals surface area contributed by atoms with Gasteiger partial charge in [-0.15, -0.1) is 0 Å². The molecule has 3 aromatic heterocycles. The van der Waals surface area contributed by atoms with Crippen LogP contribution in [0.5, 0.6) is 0 Å². The summed E-state index contributed by atoms with van der Waals surface area (Å²) in [5, 5.41) is 3.15. The van der Waals surface area contributed by atoms with Gasteiger partial charge in [0.2, 0.25) is 0 Å². The highest BCUT2D eigenvalue weighted by Gasteiger charge is 2.31. The summed E-state index contributed by atoms with van der Waals surface area (Å²) in [6.45, 7) is 7.39. The standard InChI is InChI=1S/C28H30N8O3S/c1-16-23(24(20-9-10-20)33-15-32-16)25-31-14-22-27(35-25)36(17(2)19-5-4-6-19)28(37)26(34-22)30-13-18-7-11-21(12-8-18)40(38,39)29-3/h7-8,11-12,14-15,17,19-20H,3-6,9-10,13H2,1-2H3,(H,30,34)/t17-/m1/s1. The van der Waals surface area contributed by atoms with Gasteiger partial charge in [0.25, 0.3) is 15.6 Å². The van der Waals surface area contributed by atoms with E-state index in [4.69, 9.17) is 4.98 Å². The third kappa shape index (κ3) is 4.76. The molecule has 0 aliphatic heterocycles. The van der Waals surface area contributed by atoms with E-state index < -0.39 is 10.0 Å². The van der Waals surface area contributed by atoms with Crippen molar-refractivity contribution in [2.24, 2.45) is 10.3 Å². The molecule has 3 heterocycles. The third-order valence-electron chi connectivity index (χ3n) is 7.98. The van der Waals surface area contributed by atoms with Crippen LogP contribution in [0.4, 0.5) is 5.82 Å². The zero-order valence-electron chi connectivity index (χ0n) is 22.4. The topological polar surface area (TPSA) is 145 Å². The first-order chi connectivity index (χ1) is 19.3. The monoisotopic (exact) mass is 558 g/mol. The molecule has 12 heteroatoms. The lowest BCUT2D eigenvalue weighted by Gasteiger charge is -2.33. The van der Waals surface area contributed by atoms with E-state index in [1.807, 2.05) is 6.92 Å². The van der Waals surface area contributed by atoms with Crippen molar-refractivity contribution in [3.05, 3.63) is 64.1 Å². The Morgan fingerprint density at radius 3 is 2.50 bits per heavy atom. The minimum absolute atomic E-state index is 0.0589. The van der Waals surface area contributed by atoms with Crippen molar-refractivity contribution in [2.75, 3.05) is 5.32 Å². The van der Waals surface area contributed by atoms with Crippen LogP contribution in [0.25, 0.3) is 22.6 Å². The number of fused-ring (bicyclic) bond motifs is 1. The second-order valence-corrected chi connectivity index (χ2v) is 12.2. The minimum atomic E-state index is -3.76. The predicted octanol–water partition coefficient (Wildman–Crippen LogP) is 4.19. The number of aryl methyl sites for hydroxylation is 1. The van der Waals surface area contributed by atoms with E-state index in [-0.39, 0.29) is 28.9 Å². The minimum Gasteiger partial charge on any atom is -0.361 e. The normalized spacial score (nSPS) is 16.4. The number of hydrogen-bond acceptors (Lipinski definition) is 9. The Morgan fingerprint density at radius 1 is 1.10 bits per heavy atom. The Bertz CT molecular complexity index is 1780. The summed E-state index contributed by atoms with van der Waals surface area (Å²) in [6, 6.07) is 6.19. The molecule has 0 radical (unpaired) electrons. The lowest BCUT2D eigenvalue weighted by Crippen LogP contribution is -2.33. The molecule has 206 valence electrons. The summed E-state index contributed by atoms with van der Waals surface area (Å²) in [6.07, 6.45) is 8.69. The van der Waals surface area contributed by atoms with Gasteiger partial charge in [-0.25, -0.2) is 24.9 Å². The van der Waals surface area contributed by atoms with Crippen molar-refractivity contribution in [3.8, 4) is 11.4 Å². The fourth-order valence-corrected chi connectivity index (χ4v) is 5.85. The Labute approximate surface area is 231 Å². The molecule has 0 amide bonds. The van der Waals surface area contributed by atoms with Gasteiger partial charge in [-0.3, -0.25) is 9.36 Å². The summed E-state index contributed by atoms with van der Waals surface area (Å²) in [5.41, 5.74) is 4.14. The smallest absolute Gasteiger partial charge is 0.295 e. The lowest BCUT2D eigenvalue weighted by molar-refractivity contribution is 0.222. The highest BCUT2D eigenvalue weighted by Crippen LogP contribution is 2.43. The molecule has 0 spiro atoms. The molecular weight excluding hydrogens is 528 g/mol. The van der Waals surface area contributed by atoms with Crippen LogP contribution >= 0.6 is 0 Å². The molecule has 6 rings (SSSR count). The molecule has 2 fully saturated rings. The fraction of sp³-hybridized carbons (Fsp3) is 0.393. The molecule has 1 atom stereocenters. The maximum atomic E-state index is 13.9. The zero-order chi connectivity index (χ0) is 28.0. The highest BCUT2D eigenvalue weighted by molar-refractivity contribution is 7.90. The SMILES string of the molecule is C=NS(=O)(=O)c1ccc(CNc2nc3cnc(-c4c(C)ncnc4C4CC4)nc3n([C@H](C)C3CCC3)c2=O)cc1. The maximum absolute atomic E-state index is 13.9. The second-order valence-electron chi connectivity index (χ2n) is 10.6. The Balaban J connectivity index is 1.40. The average molecular weight is 559 g/mol. The molecule has 1 N–H and O–H groups in total. The quantitative estimate of drug-likeness (QED) is 0.299. The Morgan fingerprint density at radius 2 is 1.85 bits per heavy atom. The molecule has 1 aromatic carbocycles. The van der Waals surface area contributed by atoms with Crippen molar-refractivity contribution in [3.63, 3.8) is 0 Å². The number of sulfonamides is 1. The number of anilines is 1. The molecule has 0 bridgehead atoms. The number of rotatable bonds is 9. The van der Waals surface area contributed by atoms with Gasteiger partial charge < -0.3 is 5.32 Å². The molecule has 2 saturated carbocycles. The van der Waals surface area contributed by atoms with E-state index in [2.05, 4.69) is 43.3 Å². The fourth-order valence-electron chi connectivity index (χ4n) is 5.22. The van der Waals surface area contributed by atoms with Crippen molar-refractivity contribution >= 4 is 33.7 Å².